The number of carbonyl (C=O) groups is 2. The van der Waals surface area contributed by atoms with Crippen molar-refractivity contribution in [3.05, 3.63) is 143 Å². The zero-order valence-corrected chi connectivity index (χ0v) is 22.8. The summed E-state index contributed by atoms with van der Waals surface area (Å²) in [6.45, 7) is 1.53. The second-order valence-corrected chi connectivity index (χ2v) is 11.1. The molecule has 2 heterocycles. The van der Waals surface area contributed by atoms with Crippen molar-refractivity contribution < 1.29 is 18.4 Å². The van der Waals surface area contributed by atoms with E-state index in [1.807, 2.05) is 41.3 Å². The fraction of sp³-hybridized carbons (Fsp3) is 0.257. The summed E-state index contributed by atoms with van der Waals surface area (Å²) in [5, 5.41) is 0. The van der Waals surface area contributed by atoms with Crippen LogP contribution >= 0.6 is 0 Å². The zero-order chi connectivity index (χ0) is 28.5. The van der Waals surface area contributed by atoms with E-state index in [1.54, 1.807) is 29.2 Å². The molecule has 6 heteroatoms. The van der Waals surface area contributed by atoms with E-state index in [0.29, 0.717) is 43.6 Å². The van der Waals surface area contributed by atoms with E-state index < -0.39 is 17.0 Å². The fourth-order valence-corrected chi connectivity index (χ4v) is 6.77. The van der Waals surface area contributed by atoms with Crippen molar-refractivity contribution in [2.45, 2.75) is 30.1 Å². The third-order valence-electron chi connectivity index (χ3n) is 8.91. The van der Waals surface area contributed by atoms with Crippen LogP contribution in [0.15, 0.2) is 109 Å². The quantitative estimate of drug-likeness (QED) is 0.292. The van der Waals surface area contributed by atoms with Gasteiger partial charge in [-0.25, -0.2) is 8.78 Å². The van der Waals surface area contributed by atoms with Crippen LogP contribution in [0, 0.1) is 11.6 Å². The van der Waals surface area contributed by atoms with Crippen molar-refractivity contribution in [2.75, 3.05) is 26.2 Å². The smallest absolute Gasteiger partial charge is 0.242 e. The molecule has 2 amide bonds. The molecule has 4 aromatic carbocycles. The zero-order valence-electron chi connectivity index (χ0n) is 22.8. The molecule has 0 N–H and O–H groups in total. The van der Waals surface area contributed by atoms with Crippen molar-refractivity contribution in [3.63, 3.8) is 0 Å². The minimum atomic E-state index is -1.12. The number of amides is 2. The van der Waals surface area contributed by atoms with Gasteiger partial charge in [-0.3, -0.25) is 9.59 Å². The highest BCUT2D eigenvalue weighted by molar-refractivity contribution is 5.95. The Labute approximate surface area is 239 Å². The summed E-state index contributed by atoms with van der Waals surface area (Å²) in [7, 11) is 0. The van der Waals surface area contributed by atoms with Crippen molar-refractivity contribution in [1.82, 2.24) is 9.80 Å². The molecule has 0 bridgehead atoms. The highest BCUT2D eigenvalue weighted by atomic mass is 19.1. The number of piperidine rings is 1. The second-order valence-electron chi connectivity index (χ2n) is 11.1. The number of hydrogen-bond donors (Lipinski definition) is 0. The first-order chi connectivity index (χ1) is 19.9. The Morgan fingerprint density at radius 2 is 1.17 bits per heavy atom. The third kappa shape index (κ3) is 4.82. The van der Waals surface area contributed by atoms with Crippen LogP contribution in [0.25, 0.3) is 0 Å². The molecule has 0 radical (unpaired) electrons. The average Bonchev–Trinajstić information content (AvgIpc) is 3.47. The minimum Gasteiger partial charge on any atom is -0.340 e. The molecule has 0 spiro atoms. The maximum absolute atomic E-state index is 14.3. The van der Waals surface area contributed by atoms with Gasteiger partial charge in [0, 0.05) is 25.0 Å². The molecular weight excluding hydrogens is 518 g/mol. The Bertz CT molecular complexity index is 1440. The number of nitrogens with zero attached hydrogens (tertiary/aromatic N) is 2. The summed E-state index contributed by atoms with van der Waals surface area (Å²) in [5.41, 5.74) is 2.17. The summed E-state index contributed by atoms with van der Waals surface area (Å²) < 4.78 is 27.7. The molecule has 4 nitrogen and oxygen atoms in total. The number of likely N-dealkylation sites (tertiary alicyclic amines) is 2. The van der Waals surface area contributed by atoms with E-state index in [0.717, 1.165) is 6.42 Å². The van der Waals surface area contributed by atoms with E-state index in [9.17, 15) is 18.4 Å². The normalized spacial score (nSPS) is 18.0. The van der Waals surface area contributed by atoms with Crippen LogP contribution in [-0.2, 0) is 20.4 Å². The maximum Gasteiger partial charge on any atom is 0.242 e. The summed E-state index contributed by atoms with van der Waals surface area (Å²) in [6, 6.07) is 32.4. The van der Waals surface area contributed by atoms with Gasteiger partial charge >= 0.3 is 0 Å². The number of benzene rings is 4. The van der Waals surface area contributed by atoms with Gasteiger partial charge in [-0.2, -0.15) is 0 Å². The number of halogens is 2. The van der Waals surface area contributed by atoms with Gasteiger partial charge in [0.05, 0.1) is 12.0 Å². The average molecular weight is 551 g/mol. The van der Waals surface area contributed by atoms with Crippen molar-refractivity contribution in [1.29, 1.82) is 0 Å². The number of rotatable bonds is 6. The predicted octanol–water partition coefficient (Wildman–Crippen LogP) is 6.09. The van der Waals surface area contributed by atoms with Gasteiger partial charge in [-0.1, -0.05) is 84.9 Å². The SMILES string of the molecule is O=C(CN1CCCC(c2ccc(F)cc2)(c2ccc(F)cc2)C1=O)N1CCC(c2ccccc2)(c2ccccc2)C1. The van der Waals surface area contributed by atoms with Crippen molar-refractivity contribution in [2.24, 2.45) is 0 Å². The van der Waals surface area contributed by atoms with E-state index in [-0.39, 0.29) is 23.8 Å². The highest BCUT2D eigenvalue weighted by Crippen LogP contribution is 2.43. The van der Waals surface area contributed by atoms with E-state index in [1.165, 1.54) is 35.4 Å². The molecule has 0 atom stereocenters. The van der Waals surface area contributed by atoms with Gasteiger partial charge in [-0.05, 0) is 65.8 Å². The lowest BCUT2D eigenvalue weighted by molar-refractivity contribution is -0.145. The lowest BCUT2D eigenvalue weighted by atomic mass is 9.68. The summed E-state index contributed by atoms with van der Waals surface area (Å²) in [4.78, 5) is 31.6. The monoisotopic (exact) mass is 550 g/mol. The van der Waals surface area contributed by atoms with Crippen LogP contribution in [0.4, 0.5) is 8.78 Å². The Kier molecular flexibility index (Phi) is 7.16. The molecule has 4 aromatic rings. The summed E-state index contributed by atoms with van der Waals surface area (Å²) >= 11 is 0. The first-order valence-electron chi connectivity index (χ1n) is 14.1. The molecule has 2 aliphatic rings. The lowest BCUT2D eigenvalue weighted by Gasteiger charge is -2.42. The van der Waals surface area contributed by atoms with Crippen LogP contribution in [0.3, 0.4) is 0 Å². The molecule has 2 aliphatic heterocycles. The van der Waals surface area contributed by atoms with E-state index in [4.69, 9.17) is 0 Å². The van der Waals surface area contributed by atoms with Gasteiger partial charge < -0.3 is 9.80 Å². The van der Waals surface area contributed by atoms with E-state index >= 15 is 0 Å². The fourth-order valence-electron chi connectivity index (χ4n) is 6.77. The van der Waals surface area contributed by atoms with Crippen LogP contribution in [0.2, 0.25) is 0 Å². The Morgan fingerprint density at radius 3 is 1.68 bits per heavy atom. The predicted molar refractivity (Wildman–Crippen MR) is 154 cm³/mol. The van der Waals surface area contributed by atoms with Crippen LogP contribution in [0.1, 0.15) is 41.5 Å². The Hall–Kier alpha value is -4.32. The molecule has 0 aliphatic carbocycles. The van der Waals surface area contributed by atoms with Gasteiger partial charge in [-0.15, -0.1) is 0 Å². The van der Waals surface area contributed by atoms with Gasteiger partial charge in [0.2, 0.25) is 11.8 Å². The molecule has 41 heavy (non-hydrogen) atoms. The minimum absolute atomic E-state index is 0.0391. The largest absolute Gasteiger partial charge is 0.340 e. The standard InChI is InChI=1S/C35H32F2N2O2/c36-30-16-12-28(13-17-30)35(29-14-18-31(37)19-15-29)20-7-22-38(33(35)41)24-32(40)39-23-21-34(25-39,26-8-3-1-4-9-26)27-10-5-2-6-11-27/h1-6,8-19H,7,20-25H2. The first-order valence-corrected chi connectivity index (χ1v) is 14.1. The number of hydrogen-bond acceptors (Lipinski definition) is 2. The second kappa shape index (κ2) is 10.9. The Morgan fingerprint density at radius 1 is 0.659 bits per heavy atom. The van der Waals surface area contributed by atoms with Crippen molar-refractivity contribution in [3.8, 4) is 0 Å². The molecule has 6 rings (SSSR count). The molecule has 2 saturated heterocycles. The molecule has 0 unspecified atom stereocenters. The molecule has 208 valence electrons. The summed E-state index contributed by atoms with van der Waals surface area (Å²) in [5.74, 6) is -1.10. The van der Waals surface area contributed by atoms with Crippen LogP contribution in [0.5, 0.6) is 0 Å². The molecule has 0 saturated carbocycles. The van der Waals surface area contributed by atoms with Gasteiger partial charge in [0.1, 0.15) is 11.6 Å². The van der Waals surface area contributed by atoms with Crippen LogP contribution in [-0.4, -0.2) is 47.8 Å². The molecule has 2 fully saturated rings. The van der Waals surface area contributed by atoms with Gasteiger partial charge in [0.15, 0.2) is 0 Å². The molecular formula is C35H32F2N2O2. The van der Waals surface area contributed by atoms with Crippen molar-refractivity contribution >= 4 is 11.8 Å². The number of carbonyl (C=O) groups excluding carboxylic acids is 2. The first kappa shape index (κ1) is 26.9. The molecule has 0 aromatic heterocycles. The third-order valence-corrected chi connectivity index (χ3v) is 8.91. The summed E-state index contributed by atoms with van der Waals surface area (Å²) in [6.07, 6.45) is 1.93. The Balaban J connectivity index is 1.29. The topological polar surface area (TPSA) is 40.6 Å². The van der Waals surface area contributed by atoms with Crippen LogP contribution < -0.4 is 0 Å². The van der Waals surface area contributed by atoms with Gasteiger partial charge in [0.25, 0.3) is 0 Å². The van der Waals surface area contributed by atoms with E-state index in [2.05, 4.69) is 24.3 Å². The lowest BCUT2D eigenvalue weighted by Crippen LogP contribution is -2.54. The maximum atomic E-state index is 14.3. The highest BCUT2D eigenvalue weighted by Gasteiger charge is 2.48.